The molecule has 0 aliphatic heterocycles. The van der Waals surface area contributed by atoms with Crippen LogP contribution < -0.4 is 16.8 Å². The minimum absolute atomic E-state index is 0.157. The van der Waals surface area contributed by atoms with Gasteiger partial charge in [-0.15, -0.1) is 0 Å². The maximum Gasteiger partial charge on any atom is 0.155 e. The number of imidazole rings is 1. The highest BCUT2D eigenvalue weighted by Crippen LogP contribution is 2.30. The van der Waals surface area contributed by atoms with Gasteiger partial charge in [0.05, 0.1) is 40.7 Å². The molecule has 0 aliphatic carbocycles. The maximum absolute atomic E-state index is 13.9. The van der Waals surface area contributed by atoms with Crippen LogP contribution in [0.25, 0.3) is 16.7 Å². The number of anilines is 3. The molecular formula is C19H16FN9. The number of aromatic nitrogens is 5. The largest absolute Gasteiger partial charge is 0.393 e. The van der Waals surface area contributed by atoms with Crippen molar-refractivity contribution in [1.29, 1.82) is 5.26 Å². The van der Waals surface area contributed by atoms with Crippen molar-refractivity contribution in [2.45, 2.75) is 13.0 Å². The van der Waals surface area contributed by atoms with E-state index in [1.165, 1.54) is 18.6 Å². The average molecular weight is 389 g/mol. The molecule has 1 aromatic carbocycles. The lowest BCUT2D eigenvalue weighted by Crippen LogP contribution is -2.16. The second kappa shape index (κ2) is 7.05. The molecule has 0 aliphatic rings. The van der Waals surface area contributed by atoms with Gasteiger partial charge in [-0.05, 0) is 19.1 Å². The Labute approximate surface area is 164 Å². The predicted octanol–water partition coefficient (Wildman–Crippen LogP) is 2.56. The summed E-state index contributed by atoms with van der Waals surface area (Å²) in [6, 6.07) is 8.27. The summed E-state index contributed by atoms with van der Waals surface area (Å²) in [5, 5.41) is 12.7. The van der Waals surface area contributed by atoms with Crippen LogP contribution in [0.4, 0.5) is 21.7 Å². The van der Waals surface area contributed by atoms with Crippen molar-refractivity contribution in [2.75, 3.05) is 16.8 Å². The second-order valence-corrected chi connectivity index (χ2v) is 6.34. The van der Waals surface area contributed by atoms with Gasteiger partial charge in [-0.25, -0.2) is 19.3 Å². The smallest absolute Gasteiger partial charge is 0.155 e. The lowest BCUT2D eigenvalue weighted by Gasteiger charge is -2.18. The minimum atomic E-state index is -0.502. The fourth-order valence-electron chi connectivity index (χ4n) is 3.10. The molecule has 10 heteroatoms. The second-order valence-electron chi connectivity index (χ2n) is 6.34. The van der Waals surface area contributed by atoms with E-state index in [-0.39, 0.29) is 11.5 Å². The number of benzene rings is 1. The Morgan fingerprint density at radius 1 is 1.24 bits per heavy atom. The van der Waals surface area contributed by atoms with Crippen LogP contribution in [0, 0.1) is 17.1 Å². The first-order valence-corrected chi connectivity index (χ1v) is 8.64. The van der Waals surface area contributed by atoms with Crippen LogP contribution in [0.1, 0.15) is 24.4 Å². The molecule has 3 aromatic heterocycles. The molecule has 0 bridgehead atoms. The van der Waals surface area contributed by atoms with Crippen LogP contribution in [-0.2, 0) is 0 Å². The molecule has 0 saturated heterocycles. The van der Waals surface area contributed by atoms with Crippen molar-refractivity contribution >= 4 is 28.4 Å². The number of hydrogen-bond acceptors (Lipinski definition) is 8. The van der Waals surface area contributed by atoms with Crippen LogP contribution in [0.5, 0.6) is 0 Å². The van der Waals surface area contributed by atoms with E-state index in [2.05, 4.69) is 31.3 Å². The summed E-state index contributed by atoms with van der Waals surface area (Å²) in [6.07, 6.45) is 3.92. The zero-order valence-corrected chi connectivity index (χ0v) is 15.3. The van der Waals surface area contributed by atoms with Gasteiger partial charge in [0.25, 0.3) is 0 Å². The predicted molar refractivity (Wildman–Crippen MR) is 106 cm³/mol. The van der Waals surface area contributed by atoms with Crippen LogP contribution in [0.3, 0.4) is 0 Å². The van der Waals surface area contributed by atoms with Crippen LogP contribution in [-0.4, -0.2) is 24.5 Å². The molecule has 9 nitrogen and oxygen atoms in total. The number of nitrogen functional groups attached to an aromatic ring is 2. The molecule has 29 heavy (non-hydrogen) atoms. The Morgan fingerprint density at radius 2 is 2.07 bits per heavy atom. The molecule has 4 rings (SSSR count). The summed E-state index contributed by atoms with van der Waals surface area (Å²) in [4.78, 5) is 16.6. The number of para-hydroxylation sites is 1. The fraction of sp³-hybridized carbons (Fsp3) is 0.105. The summed E-state index contributed by atoms with van der Waals surface area (Å²) in [6.45, 7) is 1.84. The van der Waals surface area contributed by atoms with E-state index in [1.807, 2.05) is 6.92 Å². The molecule has 0 radical (unpaired) electrons. The SMILES string of the molecule is CC(Nc1ncnc(N)c1N)c1nc2cccc(C#N)c2n1-c1cncc(F)c1. The Kier molecular flexibility index (Phi) is 4.40. The van der Waals surface area contributed by atoms with Crippen LogP contribution in [0.2, 0.25) is 0 Å². The van der Waals surface area contributed by atoms with E-state index in [9.17, 15) is 9.65 Å². The van der Waals surface area contributed by atoms with E-state index < -0.39 is 11.9 Å². The molecule has 1 atom stereocenters. The summed E-state index contributed by atoms with van der Waals surface area (Å²) in [7, 11) is 0. The van der Waals surface area contributed by atoms with Crippen molar-refractivity contribution in [2.24, 2.45) is 0 Å². The van der Waals surface area contributed by atoms with Crippen molar-refractivity contribution in [3.05, 3.63) is 60.2 Å². The van der Waals surface area contributed by atoms with Gasteiger partial charge in [0.1, 0.15) is 29.7 Å². The van der Waals surface area contributed by atoms with E-state index in [1.54, 1.807) is 22.8 Å². The number of pyridine rings is 1. The van der Waals surface area contributed by atoms with E-state index >= 15 is 0 Å². The number of nitrogens with zero attached hydrogens (tertiary/aromatic N) is 6. The molecule has 5 N–H and O–H groups in total. The number of nitriles is 1. The number of halogens is 1. The normalized spacial score (nSPS) is 11.9. The number of fused-ring (bicyclic) bond motifs is 1. The zero-order chi connectivity index (χ0) is 20.5. The number of rotatable bonds is 4. The third-order valence-corrected chi connectivity index (χ3v) is 4.43. The Hall–Kier alpha value is -4.26. The Morgan fingerprint density at radius 3 is 2.83 bits per heavy atom. The Bertz CT molecular complexity index is 1260. The number of hydrogen-bond donors (Lipinski definition) is 3. The zero-order valence-electron chi connectivity index (χ0n) is 15.3. The lowest BCUT2D eigenvalue weighted by molar-refractivity contribution is 0.619. The molecule has 0 amide bonds. The summed E-state index contributed by atoms with van der Waals surface area (Å²) in [5.41, 5.74) is 13.9. The third-order valence-electron chi connectivity index (χ3n) is 4.43. The molecule has 0 fully saturated rings. The highest BCUT2D eigenvalue weighted by molar-refractivity contribution is 5.84. The monoisotopic (exact) mass is 389 g/mol. The molecule has 0 saturated carbocycles. The first kappa shape index (κ1) is 18.1. The first-order chi connectivity index (χ1) is 14.0. The van der Waals surface area contributed by atoms with E-state index in [0.29, 0.717) is 33.9 Å². The molecular weight excluding hydrogens is 373 g/mol. The van der Waals surface area contributed by atoms with Gasteiger partial charge in [-0.3, -0.25) is 9.55 Å². The highest BCUT2D eigenvalue weighted by Gasteiger charge is 2.22. The summed E-state index contributed by atoms with van der Waals surface area (Å²) < 4.78 is 15.6. The highest BCUT2D eigenvalue weighted by atomic mass is 19.1. The van der Waals surface area contributed by atoms with Gasteiger partial charge in [0, 0.05) is 6.07 Å². The van der Waals surface area contributed by atoms with Crippen molar-refractivity contribution < 1.29 is 4.39 Å². The van der Waals surface area contributed by atoms with E-state index in [4.69, 9.17) is 11.5 Å². The van der Waals surface area contributed by atoms with Gasteiger partial charge in [-0.2, -0.15) is 5.26 Å². The van der Waals surface area contributed by atoms with Gasteiger partial charge < -0.3 is 16.8 Å². The lowest BCUT2D eigenvalue weighted by atomic mass is 10.2. The van der Waals surface area contributed by atoms with Crippen LogP contribution >= 0.6 is 0 Å². The van der Waals surface area contributed by atoms with Crippen molar-refractivity contribution in [1.82, 2.24) is 24.5 Å². The summed E-state index contributed by atoms with van der Waals surface area (Å²) >= 11 is 0. The van der Waals surface area contributed by atoms with Gasteiger partial charge >= 0.3 is 0 Å². The topological polar surface area (TPSA) is 144 Å². The fourth-order valence-corrected chi connectivity index (χ4v) is 3.10. The standard InChI is InChI=1S/C19H16FN9/c1-10(27-18-15(22)17(23)25-9-26-18)19-28-14-4-2-3-11(6-21)16(14)29(19)13-5-12(20)7-24-8-13/h2-5,7-10H,22H2,1H3,(H3,23,25,26,27). The van der Waals surface area contributed by atoms with E-state index in [0.717, 1.165) is 6.20 Å². The molecule has 1 unspecified atom stereocenters. The number of nitrogens with two attached hydrogens (primary N) is 2. The van der Waals surface area contributed by atoms with Gasteiger partial charge in [0.2, 0.25) is 0 Å². The quantitative estimate of drug-likeness (QED) is 0.483. The molecule has 144 valence electrons. The number of nitrogens with one attached hydrogen (secondary N) is 1. The minimum Gasteiger partial charge on any atom is -0.393 e. The molecule has 4 aromatic rings. The third kappa shape index (κ3) is 3.14. The van der Waals surface area contributed by atoms with Crippen molar-refractivity contribution in [3.8, 4) is 11.8 Å². The van der Waals surface area contributed by atoms with Crippen LogP contribution in [0.15, 0.2) is 43.0 Å². The molecule has 0 spiro atoms. The summed E-state index contributed by atoms with van der Waals surface area (Å²) in [5.74, 6) is 0.524. The molecule has 3 heterocycles. The maximum atomic E-state index is 13.9. The van der Waals surface area contributed by atoms with Crippen molar-refractivity contribution in [3.63, 3.8) is 0 Å². The average Bonchev–Trinajstić information content (AvgIpc) is 3.11. The first-order valence-electron chi connectivity index (χ1n) is 8.64. The van der Waals surface area contributed by atoms with Gasteiger partial charge in [-0.1, -0.05) is 6.07 Å². The van der Waals surface area contributed by atoms with Gasteiger partial charge in [0.15, 0.2) is 11.6 Å². The Balaban J connectivity index is 1.91.